The molecule has 2 unspecified atom stereocenters. The van der Waals surface area contributed by atoms with Gasteiger partial charge in [0.25, 0.3) is 0 Å². The van der Waals surface area contributed by atoms with Crippen molar-refractivity contribution in [3.63, 3.8) is 0 Å². The highest BCUT2D eigenvalue weighted by atomic mass is 16.6. The van der Waals surface area contributed by atoms with Crippen molar-refractivity contribution in [2.24, 2.45) is 5.92 Å². The van der Waals surface area contributed by atoms with Crippen LogP contribution in [-0.4, -0.2) is 77.1 Å². The molecular weight excluding hydrogens is 416 g/mol. The maximum Gasteiger partial charge on any atom is 0.417 e. The van der Waals surface area contributed by atoms with Crippen molar-refractivity contribution in [2.45, 2.75) is 64.0 Å². The van der Waals surface area contributed by atoms with E-state index in [1.54, 1.807) is 27.7 Å². The Kier molecular flexibility index (Phi) is 7.09. The van der Waals surface area contributed by atoms with Crippen molar-refractivity contribution in [3.8, 4) is 0 Å². The first kappa shape index (κ1) is 24.0. The third-order valence-corrected chi connectivity index (χ3v) is 5.78. The van der Waals surface area contributed by atoms with Crippen LogP contribution in [-0.2, 0) is 19.0 Å². The molecule has 2 aliphatic heterocycles. The van der Waals surface area contributed by atoms with Crippen LogP contribution in [0.15, 0.2) is 30.3 Å². The number of imide groups is 1. The number of β-amino-alcohol motifs (C(OH)–C–C–N with tert-alkyl or cyclic N) is 1. The quantitative estimate of drug-likeness (QED) is 0.738. The van der Waals surface area contributed by atoms with Gasteiger partial charge in [0, 0.05) is 7.11 Å². The molecule has 5 atom stereocenters. The maximum atomic E-state index is 13.4. The Labute approximate surface area is 188 Å². The molecule has 3 rings (SSSR count). The minimum absolute atomic E-state index is 0.0745. The number of ether oxygens (including phenoxy) is 3. The highest BCUT2D eigenvalue weighted by Crippen LogP contribution is 2.33. The first-order valence-corrected chi connectivity index (χ1v) is 10.8. The highest BCUT2D eigenvalue weighted by molar-refractivity contribution is 5.95. The van der Waals surface area contributed by atoms with Gasteiger partial charge in [-0.25, -0.2) is 14.5 Å². The molecule has 9 nitrogen and oxygen atoms in total. The molecule has 0 spiro atoms. The molecule has 0 radical (unpaired) electrons. The van der Waals surface area contributed by atoms with Crippen LogP contribution in [0.2, 0.25) is 0 Å². The molecule has 1 aromatic rings. The van der Waals surface area contributed by atoms with Crippen LogP contribution in [0.3, 0.4) is 0 Å². The number of amides is 3. The number of cyclic esters (lactones) is 1. The van der Waals surface area contributed by atoms with Gasteiger partial charge in [0.1, 0.15) is 18.2 Å². The summed E-state index contributed by atoms with van der Waals surface area (Å²) in [6.07, 6.45) is -2.56. The smallest absolute Gasteiger partial charge is 0.417 e. The third-order valence-electron chi connectivity index (χ3n) is 5.78. The Morgan fingerprint density at radius 1 is 1.22 bits per heavy atom. The summed E-state index contributed by atoms with van der Waals surface area (Å²) in [5.41, 5.74) is 0.0843. The van der Waals surface area contributed by atoms with Crippen molar-refractivity contribution < 1.29 is 33.7 Å². The Hall–Kier alpha value is -2.65. The SMILES string of the molecule is CO[C@@H](C1CC(O)CN1C(=O)OC(C)(C)C)[C@@H](C)C(=O)N1C(=O)OC[C@H]1c1ccccc1. The van der Waals surface area contributed by atoms with Crippen molar-refractivity contribution in [1.29, 1.82) is 0 Å². The fraction of sp³-hybridized carbons (Fsp3) is 0.609. The summed E-state index contributed by atoms with van der Waals surface area (Å²) in [7, 11) is 1.45. The fourth-order valence-corrected chi connectivity index (χ4v) is 4.32. The fourth-order valence-electron chi connectivity index (χ4n) is 4.32. The number of methoxy groups -OCH3 is 1. The molecule has 9 heteroatoms. The minimum Gasteiger partial charge on any atom is -0.446 e. The number of likely N-dealkylation sites (tertiary alicyclic amines) is 1. The molecule has 2 fully saturated rings. The molecular formula is C23H32N2O7. The molecule has 0 aliphatic carbocycles. The number of nitrogens with zero attached hydrogens (tertiary/aromatic N) is 2. The first-order chi connectivity index (χ1) is 15.0. The predicted molar refractivity (Wildman–Crippen MR) is 115 cm³/mol. The van der Waals surface area contributed by atoms with Gasteiger partial charge in [0.15, 0.2) is 0 Å². The second-order valence-corrected chi connectivity index (χ2v) is 9.29. The normalized spacial score (nSPS) is 25.4. The molecule has 0 aromatic heterocycles. The summed E-state index contributed by atoms with van der Waals surface area (Å²) in [5.74, 6) is -1.24. The summed E-state index contributed by atoms with van der Waals surface area (Å²) < 4.78 is 16.3. The number of aliphatic hydroxyl groups is 1. The Balaban J connectivity index is 1.82. The van der Waals surface area contributed by atoms with Crippen LogP contribution >= 0.6 is 0 Å². The van der Waals surface area contributed by atoms with Gasteiger partial charge < -0.3 is 19.3 Å². The van der Waals surface area contributed by atoms with E-state index in [-0.39, 0.29) is 19.6 Å². The molecule has 1 aromatic carbocycles. The number of hydrogen-bond donors (Lipinski definition) is 1. The standard InChI is InChI=1S/C23H32N2O7/c1-14(20(27)25-18(13-31-22(25)29)15-9-7-6-8-10-15)19(30-5)17-11-16(26)12-24(17)21(28)32-23(2,3)4/h6-10,14,16-19,26H,11-13H2,1-5H3/t14-,16?,17?,18+,19-/m1/s1. The van der Waals surface area contributed by atoms with Crippen LogP contribution in [0, 0.1) is 5.92 Å². The first-order valence-electron chi connectivity index (χ1n) is 10.8. The zero-order chi connectivity index (χ0) is 23.6. The third kappa shape index (κ3) is 5.05. The van der Waals surface area contributed by atoms with Crippen molar-refractivity contribution >= 4 is 18.1 Å². The Bertz CT molecular complexity index is 838. The Morgan fingerprint density at radius 3 is 2.47 bits per heavy atom. The largest absolute Gasteiger partial charge is 0.446 e. The van der Waals surface area contributed by atoms with E-state index in [1.165, 1.54) is 12.0 Å². The molecule has 2 saturated heterocycles. The van der Waals surface area contributed by atoms with E-state index in [9.17, 15) is 19.5 Å². The van der Waals surface area contributed by atoms with E-state index in [1.807, 2.05) is 30.3 Å². The van der Waals surface area contributed by atoms with Crippen LogP contribution in [0.4, 0.5) is 9.59 Å². The van der Waals surface area contributed by atoms with Gasteiger partial charge in [-0.15, -0.1) is 0 Å². The van der Waals surface area contributed by atoms with Gasteiger partial charge in [0.2, 0.25) is 5.91 Å². The number of carbonyl (C=O) groups excluding carboxylic acids is 3. The van der Waals surface area contributed by atoms with Crippen molar-refractivity contribution in [2.75, 3.05) is 20.3 Å². The van der Waals surface area contributed by atoms with E-state index in [4.69, 9.17) is 14.2 Å². The lowest BCUT2D eigenvalue weighted by molar-refractivity contribution is -0.139. The lowest BCUT2D eigenvalue weighted by atomic mass is 9.93. The Morgan fingerprint density at radius 2 is 1.88 bits per heavy atom. The lowest BCUT2D eigenvalue weighted by Crippen LogP contribution is -2.51. The monoisotopic (exact) mass is 448 g/mol. The maximum absolute atomic E-state index is 13.4. The summed E-state index contributed by atoms with van der Waals surface area (Å²) in [6.45, 7) is 7.09. The van der Waals surface area contributed by atoms with Gasteiger partial charge in [-0.05, 0) is 32.8 Å². The van der Waals surface area contributed by atoms with Gasteiger partial charge in [-0.2, -0.15) is 0 Å². The van der Waals surface area contributed by atoms with Crippen molar-refractivity contribution in [1.82, 2.24) is 9.80 Å². The zero-order valence-corrected chi connectivity index (χ0v) is 19.2. The summed E-state index contributed by atoms with van der Waals surface area (Å²) in [6, 6.07) is 8.07. The average Bonchev–Trinajstić information content (AvgIpc) is 3.30. The molecule has 32 heavy (non-hydrogen) atoms. The molecule has 2 heterocycles. The summed E-state index contributed by atoms with van der Waals surface area (Å²) >= 11 is 0. The number of carbonyl (C=O) groups is 3. The van der Waals surface area contributed by atoms with E-state index in [2.05, 4.69) is 0 Å². The second kappa shape index (κ2) is 9.46. The summed E-state index contributed by atoms with van der Waals surface area (Å²) in [4.78, 5) is 41.1. The van der Waals surface area contributed by atoms with E-state index >= 15 is 0 Å². The van der Waals surface area contributed by atoms with E-state index in [0.717, 1.165) is 10.5 Å². The molecule has 2 aliphatic rings. The highest BCUT2D eigenvalue weighted by Gasteiger charge is 2.48. The number of rotatable bonds is 5. The second-order valence-electron chi connectivity index (χ2n) is 9.29. The minimum atomic E-state index is -0.780. The molecule has 176 valence electrons. The number of hydrogen-bond acceptors (Lipinski definition) is 7. The predicted octanol–water partition coefficient (Wildman–Crippen LogP) is 2.73. The van der Waals surface area contributed by atoms with Gasteiger partial charge in [-0.3, -0.25) is 9.69 Å². The number of benzene rings is 1. The average molecular weight is 449 g/mol. The molecule has 3 amide bonds. The van der Waals surface area contributed by atoms with Crippen LogP contribution in [0.5, 0.6) is 0 Å². The summed E-state index contributed by atoms with van der Waals surface area (Å²) in [5, 5.41) is 10.3. The topological polar surface area (TPSA) is 106 Å². The van der Waals surface area contributed by atoms with Crippen LogP contribution in [0.1, 0.15) is 45.7 Å². The van der Waals surface area contributed by atoms with Gasteiger partial charge in [-0.1, -0.05) is 37.3 Å². The van der Waals surface area contributed by atoms with E-state index < -0.39 is 53.9 Å². The van der Waals surface area contributed by atoms with Gasteiger partial charge >= 0.3 is 12.2 Å². The zero-order valence-electron chi connectivity index (χ0n) is 19.2. The van der Waals surface area contributed by atoms with E-state index in [0.29, 0.717) is 0 Å². The molecule has 0 saturated carbocycles. The van der Waals surface area contributed by atoms with Crippen LogP contribution < -0.4 is 0 Å². The number of aliphatic hydroxyl groups excluding tert-OH is 1. The van der Waals surface area contributed by atoms with Crippen molar-refractivity contribution in [3.05, 3.63) is 35.9 Å². The molecule has 0 bridgehead atoms. The van der Waals surface area contributed by atoms with Gasteiger partial charge in [0.05, 0.1) is 30.7 Å². The lowest BCUT2D eigenvalue weighted by Gasteiger charge is -2.35. The van der Waals surface area contributed by atoms with Crippen LogP contribution in [0.25, 0.3) is 0 Å². The molecule has 1 N–H and O–H groups in total.